The van der Waals surface area contributed by atoms with Crippen molar-refractivity contribution in [3.63, 3.8) is 0 Å². The van der Waals surface area contributed by atoms with E-state index in [1.165, 1.54) is 12.1 Å². The fraction of sp³-hybridized carbons (Fsp3) is 0.429. The largest absolute Gasteiger partial charge is 0.480 e. The van der Waals surface area contributed by atoms with E-state index in [4.69, 9.17) is 0 Å². The van der Waals surface area contributed by atoms with Gasteiger partial charge in [0.2, 0.25) is 0 Å². The zero-order chi connectivity index (χ0) is 14.9. The van der Waals surface area contributed by atoms with Crippen molar-refractivity contribution in [1.82, 2.24) is 4.90 Å². The number of hydrogen-bond donors (Lipinski definition) is 1. The van der Waals surface area contributed by atoms with Crippen molar-refractivity contribution < 1.29 is 23.5 Å². The van der Waals surface area contributed by atoms with E-state index in [9.17, 15) is 23.5 Å². The third-order valence-corrected chi connectivity index (χ3v) is 3.61. The van der Waals surface area contributed by atoms with Crippen molar-refractivity contribution in [2.75, 3.05) is 0 Å². The van der Waals surface area contributed by atoms with E-state index < -0.39 is 35.1 Å². The topological polar surface area (TPSA) is 57.6 Å². The lowest BCUT2D eigenvalue weighted by atomic mass is 9.95. The number of benzene rings is 1. The molecule has 0 bridgehead atoms. The Morgan fingerprint density at radius 2 is 2.00 bits per heavy atom. The molecule has 108 valence electrons. The second-order valence-electron chi connectivity index (χ2n) is 4.95. The highest BCUT2D eigenvalue weighted by Crippen LogP contribution is 2.26. The number of piperidine rings is 1. The lowest BCUT2D eigenvalue weighted by Crippen LogP contribution is -2.52. The van der Waals surface area contributed by atoms with Crippen molar-refractivity contribution in [2.45, 2.75) is 38.3 Å². The molecule has 4 nitrogen and oxygen atoms in total. The van der Waals surface area contributed by atoms with Crippen molar-refractivity contribution >= 4 is 11.9 Å². The predicted molar refractivity (Wildman–Crippen MR) is 67.3 cm³/mol. The minimum atomic E-state index is -1.24. The molecule has 1 fully saturated rings. The molecule has 0 saturated carbocycles. The van der Waals surface area contributed by atoms with Gasteiger partial charge in [-0.2, -0.15) is 0 Å². The van der Waals surface area contributed by atoms with Crippen LogP contribution in [-0.4, -0.2) is 34.0 Å². The maximum absolute atomic E-state index is 13.7. The van der Waals surface area contributed by atoms with Crippen LogP contribution in [0.15, 0.2) is 18.2 Å². The molecule has 1 amide bonds. The highest BCUT2D eigenvalue weighted by atomic mass is 19.2. The van der Waals surface area contributed by atoms with E-state index in [-0.39, 0.29) is 6.04 Å². The van der Waals surface area contributed by atoms with Crippen LogP contribution in [0, 0.1) is 11.6 Å². The summed E-state index contributed by atoms with van der Waals surface area (Å²) >= 11 is 0. The van der Waals surface area contributed by atoms with Gasteiger partial charge >= 0.3 is 5.97 Å². The number of carbonyl (C=O) groups excluding carboxylic acids is 1. The van der Waals surface area contributed by atoms with Gasteiger partial charge in [0, 0.05) is 6.04 Å². The minimum Gasteiger partial charge on any atom is -0.480 e. The zero-order valence-electron chi connectivity index (χ0n) is 11.0. The van der Waals surface area contributed by atoms with Crippen LogP contribution in [-0.2, 0) is 4.79 Å². The summed E-state index contributed by atoms with van der Waals surface area (Å²) < 4.78 is 26.9. The van der Waals surface area contributed by atoms with Crippen molar-refractivity contribution in [2.24, 2.45) is 0 Å². The summed E-state index contributed by atoms with van der Waals surface area (Å²) in [5, 5.41) is 9.18. The molecule has 0 radical (unpaired) electrons. The van der Waals surface area contributed by atoms with E-state index in [1.54, 1.807) is 6.92 Å². The maximum Gasteiger partial charge on any atom is 0.326 e. The number of halogens is 2. The van der Waals surface area contributed by atoms with Gasteiger partial charge in [-0.05, 0) is 38.3 Å². The van der Waals surface area contributed by atoms with Gasteiger partial charge in [-0.1, -0.05) is 6.07 Å². The lowest BCUT2D eigenvalue weighted by molar-refractivity contribution is -0.144. The molecule has 0 aliphatic carbocycles. The van der Waals surface area contributed by atoms with E-state index in [0.717, 1.165) is 11.0 Å². The van der Waals surface area contributed by atoms with Crippen molar-refractivity contribution in [3.8, 4) is 0 Å². The Morgan fingerprint density at radius 1 is 1.30 bits per heavy atom. The molecule has 2 atom stereocenters. The first-order valence-electron chi connectivity index (χ1n) is 6.43. The summed E-state index contributed by atoms with van der Waals surface area (Å²) in [7, 11) is 0. The molecule has 1 aliphatic heterocycles. The first-order valence-corrected chi connectivity index (χ1v) is 6.43. The number of rotatable bonds is 2. The number of carboxylic acid groups (broad SMARTS) is 1. The standard InChI is InChI=1S/C14H15F2NO3/c1-8-4-2-7-11(14(19)20)17(8)13(18)9-5-3-6-10(15)12(9)16/h3,5-6,8,11H,2,4,7H2,1H3,(H,19,20)/t8-,11-/m1/s1. The fourth-order valence-corrected chi connectivity index (χ4v) is 2.58. The van der Waals surface area contributed by atoms with Crippen LogP contribution in [0.1, 0.15) is 36.5 Å². The van der Waals surface area contributed by atoms with Crippen LogP contribution in [0.25, 0.3) is 0 Å². The van der Waals surface area contributed by atoms with Crippen LogP contribution >= 0.6 is 0 Å². The zero-order valence-corrected chi connectivity index (χ0v) is 11.0. The van der Waals surface area contributed by atoms with Gasteiger partial charge in [-0.3, -0.25) is 4.79 Å². The van der Waals surface area contributed by atoms with E-state index >= 15 is 0 Å². The first kappa shape index (κ1) is 14.4. The van der Waals surface area contributed by atoms with E-state index in [1.807, 2.05) is 0 Å². The summed E-state index contributed by atoms with van der Waals surface area (Å²) in [6, 6.07) is 2.01. The Kier molecular flexibility index (Phi) is 4.01. The van der Waals surface area contributed by atoms with Gasteiger partial charge in [0.25, 0.3) is 5.91 Å². The van der Waals surface area contributed by atoms with Gasteiger partial charge in [-0.15, -0.1) is 0 Å². The molecule has 1 aliphatic rings. The number of nitrogens with zero attached hydrogens (tertiary/aromatic N) is 1. The predicted octanol–water partition coefficient (Wildman–Crippen LogP) is 2.43. The monoisotopic (exact) mass is 283 g/mol. The molecule has 1 N–H and O–H groups in total. The number of aliphatic carboxylic acids is 1. The summed E-state index contributed by atoms with van der Waals surface area (Å²) in [5.74, 6) is -4.25. The fourth-order valence-electron chi connectivity index (χ4n) is 2.58. The maximum atomic E-state index is 13.7. The van der Waals surface area contributed by atoms with Crippen LogP contribution in [0.5, 0.6) is 0 Å². The molecule has 2 rings (SSSR count). The molecule has 1 aromatic rings. The van der Waals surface area contributed by atoms with Gasteiger partial charge < -0.3 is 10.0 Å². The number of likely N-dealkylation sites (tertiary alicyclic amines) is 1. The van der Waals surface area contributed by atoms with Crippen LogP contribution in [0.3, 0.4) is 0 Å². The average molecular weight is 283 g/mol. The highest BCUT2D eigenvalue weighted by Gasteiger charge is 2.37. The molecule has 1 heterocycles. The summed E-state index contributed by atoms with van der Waals surface area (Å²) in [4.78, 5) is 24.7. The molecule has 0 aromatic heterocycles. The molecule has 6 heteroatoms. The summed E-state index contributed by atoms with van der Waals surface area (Å²) in [6.45, 7) is 1.71. The van der Waals surface area contributed by atoms with Gasteiger partial charge in [0.15, 0.2) is 11.6 Å². The highest BCUT2D eigenvalue weighted by molar-refractivity contribution is 5.97. The molecule has 20 heavy (non-hydrogen) atoms. The lowest BCUT2D eigenvalue weighted by Gasteiger charge is -2.38. The smallest absolute Gasteiger partial charge is 0.326 e. The summed E-state index contributed by atoms with van der Waals surface area (Å²) in [6.07, 6.45) is 1.66. The Balaban J connectivity index is 2.38. The molecule has 0 spiro atoms. The molecule has 1 saturated heterocycles. The number of carbonyl (C=O) groups is 2. The normalized spacial score (nSPS) is 22.6. The quantitative estimate of drug-likeness (QED) is 0.907. The summed E-state index contributed by atoms with van der Waals surface area (Å²) in [5.41, 5.74) is -0.426. The molecular formula is C14H15F2NO3. The third-order valence-electron chi connectivity index (χ3n) is 3.61. The third kappa shape index (κ3) is 2.50. The second-order valence-corrected chi connectivity index (χ2v) is 4.95. The van der Waals surface area contributed by atoms with Crippen molar-refractivity contribution in [1.29, 1.82) is 0 Å². The SMILES string of the molecule is C[C@@H]1CCC[C@H](C(=O)O)N1C(=O)c1cccc(F)c1F. The Bertz CT molecular complexity index is 547. The van der Waals surface area contributed by atoms with Crippen LogP contribution < -0.4 is 0 Å². The number of carboxylic acids is 1. The average Bonchev–Trinajstić information content (AvgIpc) is 2.40. The van der Waals surface area contributed by atoms with Crippen LogP contribution in [0.4, 0.5) is 8.78 Å². The Morgan fingerprint density at radius 3 is 2.65 bits per heavy atom. The van der Waals surface area contributed by atoms with E-state index in [0.29, 0.717) is 19.3 Å². The van der Waals surface area contributed by atoms with Gasteiger partial charge in [-0.25, -0.2) is 13.6 Å². The Hall–Kier alpha value is -1.98. The van der Waals surface area contributed by atoms with Crippen molar-refractivity contribution in [3.05, 3.63) is 35.4 Å². The van der Waals surface area contributed by atoms with Gasteiger partial charge in [0.1, 0.15) is 6.04 Å². The number of hydrogen-bond acceptors (Lipinski definition) is 2. The molecule has 1 aromatic carbocycles. The molecular weight excluding hydrogens is 268 g/mol. The van der Waals surface area contributed by atoms with Gasteiger partial charge in [0.05, 0.1) is 5.56 Å². The minimum absolute atomic E-state index is 0.319. The van der Waals surface area contributed by atoms with Crippen LogP contribution in [0.2, 0.25) is 0 Å². The van der Waals surface area contributed by atoms with E-state index in [2.05, 4.69) is 0 Å². The second kappa shape index (κ2) is 5.56. The molecule has 0 unspecified atom stereocenters. The Labute approximate surface area is 115 Å². The first-order chi connectivity index (χ1) is 9.43. The number of amides is 1.